The molecule has 18 heavy (non-hydrogen) atoms. The van der Waals surface area contributed by atoms with Crippen molar-refractivity contribution in [3.8, 4) is 0 Å². The third-order valence-electron chi connectivity index (χ3n) is 1.77. The fraction of sp³-hybridized carbons (Fsp3) is 0.444. The minimum absolute atomic E-state index is 0.0999. The number of alkyl halides is 6. The third kappa shape index (κ3) is 4.45. The van der Waals surface area contributed by atoms with Crippen molar-refractivity contribution in [1.82, 2.24) is 4.98 Å². The SMILES string of the molecule is FC(F)(F)C(OCc1cncc(Br)c1)C(F)(F)F. The van der Waals surface area contributed by atoms with E-state index in [1.165, 1.54) is 12.3 Å². The van der Waals surface area contributed by atoms with E-state index in [0.29, 0.717) is 4.47 Å². The Bertz CT molecular complexity index is 391. The second-order valence-corrected chi connectivity index (χ2v) is 4.20. The van der Waals surface area contributed by atoms with Gasteiger partial charge in [0.2, 0.25) is 6.10 Å². The molecule has 1 rings (SSSR count). The molecule has 0 saturated heterocycles. The first-order valence-corrected chi connectivity index (χ1v) is 5.24. The van der Waals surface area contributed by atoms with Gasteiger partial charge in [0.05, 0.1) is 6.61 Å². The lowest BCUT2D eigenvalue weighted by Crippen LogP contribution is -2.44. The van der Waals surface area contributed by atoms with E-state index in [1.54, 1.807) is 0 Å². The van der Waals surface area contributed by atoms with Crippen LogP contribution < -0.4 is 0 Å². The van der Waals surface area contributed by atoms with Gasteiger partial charge in [0.25, 0.3) is 0 Å². The highest BCUT2D eigenvalue weighted by molar-refractivity contribution is 9.10. The van der Waals surface area contributed by atoms with Crippen molar-refractivity contribution in [2.45, 2.75) is 25.1 Å². The zero-order valence-corrected chi connectivity index (χ0v) is 10.1. The van der Waals surface area contributed by atoms with Gasteiger partial charge in [-0.05, 0) is 27.6 Å². The van der Waals surface area contributed by atoms with Gasteiger partial charge in [-0.3, -0.25) is 4.98 Å². The van der Waals surface area contributed by atoms with Gasteiger partial charge in [0.1, 0.15) is 0 Å². The van der Waals surface area contributed by atoms with E-state index in [9.17, 15) is 26.3 Å². The second-order valence-electron chi connectivity index (χ2n) is 3.29. The maximum Gasteiger partial charge on any atom is 0.423 e. The van der Waals surface area contributed by atoms with Crippen molar-refractivity contribution in [3.05, 3.63) is 28.5 Å². The van der Waals surface area contributed by atoms with Crippen LogP contribution in [0.1, 0.15) is 5.56 Å². The van der Waals surface area contributed by atoms with Crippen molar-refractivity contribution in [2.24, 2.45) is 0 Å². The van der Waals surface area contributed by atoms with Gasteiger partial charge in [-0.2, -0.15) is 26.3 Å². The molecule has 0 aliphatic heterocycles. The number of hydrogen-bond donors (Lipinski definition) is 0. The Morgan fingerprint density at radius 2 is 1.67 bits per heavy atom. The molecule has 0 radical (unpaired) electrons. The predicted molar refractivity (Wildman–Crippen MR) is 52.6 cm³/mol. The lowest BCUT2D eigenvalue weighted by molar-refractivity contribution is -0.324. The van der Waals surface area contributed by atoms with Gasteiger partial charge in [0, 0.05) is 16.9 Å². The maximum atomic E-state index is 12.1. The van der Waals surface area contributed by atoms with Crippen LogP contribution >= 0.6 is 15.9 Å². The average molecular weight is 338 g/mol. The summed E-state index contributed by atoms with van der Waals surface area (Å²) in [4.78, 5) is 3.60. The molecular formula is C9H6BrF6NO. The maximum absolute atomic E-state index is 12.1. The Labute approximate surface area is 106 Å². The number of halogens is 7. The molecule has 9 heteroatoms. The van der Waals surface area contributed by atoms with Gasteiger partial charge < -0.3 is 4.74 Å². The average Bonchev–Trinajstić information content (AvgIpc) is 2.13. The zero-order valence-electron chi connectivity index (χ0n) is 8.52. The number of aromatic nitrogens is 1. The molecule has 0 amide bonds. The monoisotopic (exact) mass is 337 g/mol. The van der Waals surface area contributed by atoms with Gasteiger partial charge in [0.15, 0.2) is 0 Å². The van der Waals surface area contributed by atoms with Gasteiger partial charge in [-0.25, -0.2) is 0 Å². The van der Waals surface area contributed by atoms with Crippen LogP contribution in [0.5, 0.6) is 0 Å². The summed E-state index contributed by atoms with van der Waals surface area (Å²) in [6.07, 6.45) is -12.3. The summed E-state index contributed by atoms with van der Waals surface area (Å²) in [5.74, 6) is 0. The minimum Gasteiger partial charge on any atom is -0.356 e. The Kier molecular flexibility index (Phi) is 4.60. The van der Waals surface area contributed by atoms with Crippen LogP contribution in [0.25, 0.3) is 0 Å². The number of hydrogen-bond acceptors (Lipinski definition) is 2. The van der Waals surface area contributed by atoms with Crippen LogP contribution in [-0.2, 0) is 11.3 Å². The Hall–Kier alpha value is -0.830. The summed E-state index contributed by atoms with van der Waals surface area (Å²) in [7, 11) is 0. The number of rotatable bonds is 3. The van der Waals surface area contributed by atoms with Crippen LogP contribution in [0, 0.1) is 0 Å². The smallest absolute Gasteiger partial charge is 0.356 e. The summed E-state index contributed by atoms with van der Waals surface area (Å²) in [6.45, 7) is -0.837. The Morgan fingerprint density at radius 1 is 1.11 bits per heavy atom. The van der Waals surface area contributed by atoms with E-state index in [0.717, 1.165) is 6.20 Å². The standard InChI is InChI=1S/C9H6BrF6NO/c10-6-1-5(2-17-3-6)4-18-7(8(11,12)13)9(14,15)16/h1-3,7H,4H2. The highest BCUT2D eigenvalue weighted by Crippen LogP contribution is 2.36. The largest absolute Gasteiger partial charge is 0.423 e. The molecule has 0 bridgehead atoms. The molecule has 102 valence electrons. The van der Waals surface area contributed by atoms with E-state index in [4.69, 9.17) is 0 Å². The van der Waals surface area contributed by atoms with Crippen LogP contribution in [-0.4, -0.2) is 23.4 Å². The quantitative estimate of drug-likeness (QED) is 0.781. The molecule has 0 aromatic carbocycles. The molecule has 0 atom stereocenters. The molecule has 0 unspecified atom stereocenters. The highest BCUT2D eigenvalue weighted by Gasteiger charge is 2.57. The zero-order chi connectivity index (χ0) is 14.0. The lowest BCUT2D eigenvalue weighted by Gasteiger charge is -2.23. The Morgan fingerprint density at radius 3 is 2.11 bits per heavy atom. The van der Waals surface area contributed by atoms with E-state index in [2.05, 4.69) is 25.7 Å². The van der Waals surface area contributed by atoms with Crippen LogP contribution in [0.3, 0.4) is 0 Å². The molecule has 2 nitrogen and oxygen atoms in total. The molecule has 0 aliphatic carbocycles. The van der Waals surface area contributed by atoms with E-state index >= 15 is 0 Å². The van der Waals surface area contributed by atoms with Crippen molar-refractivity contribution < 1.29 is 31.1 Å². The molecule has 0 N–H and O–H groups in total. The van der Waals surface area contributed by atoms with E-state index in [1.807, 2.05) is 0 Å². The van der Waals surface area contributed by atoms with E-state index in [-0.39, 0.29) is 5.56 Å². The highest BCUT2D eigenvalue weighted by atomic mass is 79.9. The normalized spacial score (nSPS) is 13.1. The number of nitrogens with zero attached hydrogens (tertiary/aromatic N) is 1. The minimum atomic E-state index is -5.50. The molecule has 0 saturated carbocycles. The lowest BCUT2D eigenvalue weighted by atomic mass is 10.3. The Balaban J connectivity index is 2.75. The van der Waals surface area contributed by atoms with E-state index < -0.39 is 25.1 Å². The second kappa shape index (κ2) is 5.43. The summed E-state index contributed by atoms with van der Waals surface area (Å²) in [5.41, 5.74) is 0.0999. The fourth-order valence-corrected chi connectivity index (χ4v) is 1.50. The topological polar surface area (TPSA) is 22.1 Å². The van der Waals surface area contributed by atoms with Crippen molar-refractivity contribution in [3.63, 3.8) is 0 Å². The first-order chi connectivity index (χ1) is 8.10. The van der Waals surface area contributed by atoms with Crippen LogP contribution in [0.15, 0.2) is 22.9 Å². The molecular weight excluding hydrogens is 332 g/mol. The van der Waals surface area contributed by atoms with Crippen molar-refractivity contribution >= 4 is 15.9 Å². The van der Waals surface area contributed by atoms with Gasteiger partial charge >= 0.3 is 12.4 Å². The molecule has 0 spiro atoms. The van der Waals surface area contributed by atoms with Crippen LogP contribution in [0.4, 0.5) is 26.3 Å². The molecule has 1 heterocycles. The predicted octanol–water partition coefficient (Wildman–Crippen LogP) is 3.85. The van der Waals surface area contributed by atoms with Crippen LogP contribution in [0.2, 0.25) is 0 Å². The summed E-state index contributed by atoms with van der Waals surface area (Å²) < 4.78 is 77.1. The summed E-state index contributed by atoms with van der Waals surface area (Å²) in [5, 5.41) is 0. The molecule has 1 aromatic rings. The molecule has 1 aromatic heterocycles. The summed E-state index contributed by atoms with van der Waals surface area (Å²) >= 11 is 2.99. The number of ether oxygens (including phenoxy) is 1. The first kappa shape index (κ1) is 15.2. The fourth-order valence-electron chi connectivity index (χ4n) is 1.09. The van der Waals surface area contributed by atoms with Gasteiger partial charge in [-0.1, -0.05) is 0 Å². The number of pyridine rings is 1. The summed E-state index contributed by atoms with van der Waals surface area (Å²) in [6, 6.07) is 1.32. The molecule has 0 aliphatic rings. The first-order valence-electron chi connectivity index (χ1n) is 4.45. The third-order valence-corrected chi connectivity index (χ3v) is 2.21. The van der Waals surface area contributed by atoms with Crippen molar-refractivity contribution in [1.29, 1.82) is 0 Å². The molecule has 0 fully saturated rings. The van der Waals surface area contributed by atoms with Crippen molar-refractivity contribution in [2.75, 3.05) is 0 Å². The van der Waals surface area contributed by atoms with Gasteiger partial charge in [-0.15, -0.1) is 0 Å².